The van der Waals surface area contributed by atoms with Gasteiger partial charge < -0.3 is 4.74 Å². The summed E-state index contributed by atoms with van der Waals surface area (Å²) in [6.45, 7) is 3.39. The summed E-state index contributed by atoms with van der Waals surface area (Å²) in [7, 11) is 0. The molecule has 2 rings (SSSR count). The molecule has 0 N–H and O–H groups in total. The van der Waals surface area contributed by atoms with Gasteiger partial charge in [-0.2, -0.15) is 5.26 Å². The Labute approximate surface area is 155 Å². The molecular formula is C17H13Cl3N2O2. The third-order valence-corrected chi connectivity index (χ3v) is 4.51. The maximum atomic E-state index is 12.4. The Balaban J connectivity index is 2.18. The van der Waals surface area contributed by atoms with Gasteiger partial charge in [0.2, 0.25) is 0 Å². The molecule has 0 aliphatic carbocycles. The number of carbonyl (C=O) groups excluding carboxylic acids is 1. The second kappa shape index (κ2) is 7.76. The number of anilines is 1. The van der Waals surface area contributed by atoms with E-state index in [1.165, 1.54) is 12.1 Å². The molecule has 0 saturated carbocycles. The lowest BCUT2D eigenvalue weighted by Gasteiger charge is -2.18. The summed E-state index contributed by atoms with van der Waals surface area (Å²) in [5, 5.41) is 10.1. The highest BCUT2D eigenvalue weighted by Gasteiger charge is 2.19. The second-order valence-corrected chi connectivity index (χ2v) is 6.26. The fourth-order valence-electron chi connectivity index (χ4n) is 2.04. The van der Waals surface area contributed by atoms with Crippen LogP contribution in [0.15, 0.2) is 30.3 Å². The van der Waals surface area contributed by atoms with Crippen molar-refractivity contribution in [2.75, 3.05) is 11.5 Å². The zero-order valence-corrected chi connectivity index (χ0v) is 15.2. The molecule has 0 aromatic heterocycles. The zero-order chi connectivity index (χ0) is 17.9. The van der Waals surface area contributed by atoms with Crippen molar-refractivity contribution in [3.63, 3.8) is 0 Å². The maximum absolute atomic E-state index is 12.4. The number of rotatable bonds is 4. The molecule has 0 fully saturated rings. The van der Waals surface area contributed by atoms with Crippen molar-refractivity contribution >= 4 is 46.4 Å². The molecule has 0 spiro atoms. The van der Waals surface area contributed by atoms with Crippen molar-refractivity contribution in [2.45, 2.75) is 13.8 Å². The van der Waals surface area contributed by atoms with Gasteiger partial charge in [0.05, 0.1) is 20.8 Å². The van der Waals surface area contributed by atoms with Crippen LogP contribution in [-0.2, 0) is 4.79 Å². The summed E-state index contributed by atoms with van der Waals surface area (Å²) in [5.74, 6) is -0.299. The lowest BCUT2D eigenvalue weighted by molar-refractivity contribution is -0.119. The van der Waals surface area contributed by atoms with E-state index < -0.39 is 5.91 Å². The number of carbonyl (C=O) groups is 1. The van der Waals surface area contributed by atoms with Gasteiger partial charge in [0.1, 0.15) is 5.75 Å². The van der Waals surface area contributed by atoms with E-state index in [-0.39, 0.29) is 27.4 Å². The van der Waals surface area contributed by atoms with E-state index in [1.807, 2.05) is 26.1 Å². The minimum Gasteiger partial charge on any atom is -0.482 e. The summed E-state index contributed by atoms with van der Waals surface area (Å²) in [4.78, 5) is 13.3. The molecule has 7 heteroatoms. The Kier molecular flexibility index (Phi) is 5.95. The van der Waals surface area contributed by atoms with Gasteiger partial charge in [0, 0.05) is 6.07 Å². The molecule has 2 aromatic rings. The molecule has 0 saturated heterocycles. The molecule has 0 atom stereocenters. The summed E-state index contributed by atoms with van der Waals surface area (Å²) in [5.41, 5.74) is 2.35. The quantitative estimate of drug-likeness (QED) is 0.416. The molecule has 0 unspecified atom stereocenters. The van der Waals surface area contributed by atoms with E-state index in [1.54, 1.807) is 12.1 Å². The van der Waals surface area contributed by atoms with Crippen LogP contribution in [0.2, 0.25) is 15.1 Å². The molecule has 4 nitrogen and oxygen atoms in total. The lowest BCUT2D eigenvalue weighted by Crippen LogP contribution is -2.31. The molecule has 2 aromatic carbocycles. The summed E-state index contributed by atoms with van der Waals surface area (Å²) >= 11 is 17.8. The third-order valence-electron chi connectivity index (χ3n) is 3.49. The van der Waals surface area contributed by atoms with Gasteiger partial charge in [-0.1, -0.05) is 46.9 Å². The van der Waals surface area contributed by atoms with Crippen LogP contribution in [0.5, 0.6) is 5.75 Å². The summed E-state index contributed by atoms with van der Waals surface area (Å²) in [6.07, 6.45) is 1.88. The maximum Gasteiger partial charge on any atom is 0.278 e. The van der Waals surface area contributed by atoms with E-state index >= 15 is 0 Å². The molecular weight excluding hydrogens is 371 g/mol. The average Bonchev–Trinajstić information content (AvgIpc) is 2.54. The Morgan fingerprint density at radius 2 is 1.83 bits per heavy atom. The first-order valence-electron chi connectivity index (χ1n) is 6.91. The fraction of sp³-hybridized carbons (Fsp3) is 0.176. The van der Waals surface area contributed by atoms with E-state index in [0.29, 0.717) is 5.69 Å². The monoisotopic (exact) mass is 382 g/mol. The van der Waals surface area contributed by atoms with Gasteiger partial charge in [0.25, 0.3) is 5.91 Å². The van der Waals surface area contributed by atoms with Crippen molar-refractivity contribution < 1.29 is 9.53 Å². The van der Waals surface area contributed by atoms with Crippen LogP contribution in [-0.4, -0.2) is 12.5 Å². The van der Waals surface area contributed by atoms with Crippen LogP contribution in [0.3, 0.4) is 0 Å². The minimum atomic E-state index is -0.520. The smallest absolute Gasteiger partial charge is 0.278 e. The molecule has 1 amide bonds. The van der Waals surface area contributed by atoms with Gasteiger partial charge in [-0.15, -0.1) is 0 Å². The molecule has 0 aliphatic rings. The van der Waals surface area contributed by atoms with Crippen LogP contribution in [0.1, 0.15) is 11.1 Å². The van der Waals surface area contributed by atoms with Crippen molar-refractivity contribution in [3.8, 4) is 11.9 Å². The number of hydrogen-bond donors (Lipinski definition) is 0. The Hall–Kier alpha value is -1.93. The molecule has 124 valence electrons. The molecule has 24 heavy (non-hydrogen) atoms. The first kappa shape index (κ1) is 18.4. The van der Waals surface area contributed by atoms with Crippen LogP contribution >= 0.6 is 34.8 Å². The number of ether oxygens (including phenoxy) is 1. The second-order valence-electron chi connectivity index (χ2n) is 5.03. The number of amides is 1. The van der Waals surface area contributed by atoms with Crippen molar-refractivity contribution in [1.29, 1.82) is 5.26 Å². The van der Waals surface area contributed by atoms with Gasteiger partial charge in [-0.05, 0) is 37.1 Å². The number of nitriles is 1. The van der Waals surface area contributed by atoms with Crippen LogP contribution < -0.4 is 9.64 Å². The Morgan fingerprint density at radius 1 is 1.17 bits per heavy atom. The summed E-state index contributed by atoms with van der Waals surface area (Å²) < 4.78 is 5.39. The van der Waals surface area contributed by atoms with Crippen molar-refractivity contribution in [3.05, 3.63) is 56.5 Å². The average molecular weight is 384 g/mol. The lowest BCUT2D eigenvalue weighted by atomic mass is 10.1. The third kappa shape index (κ3) is 3.93. The van der Waals surface area contributed by atoms with Crippen molar-refractivity contribution in [1.82, 2.24) is 0 Å². The van der Waals surface area contributed by atoms with Crippen LogP contribution in [0.25, 0.3) is 0 Å². The first-order valence-corrected chi connectivity index (χ1v) is 8.04. The number of aryl methyl sites for hydroxylation is 1. The highest BCUT2D eigenvalue weighted by atomic mass is 35.5. The van der Waals surface area contributed by atoms with Gasteiger partial charge in [0.15, 0.2) is 12.8 Å². The van der Waals surface area contributed by atoms with Crippen LogP contribution in [0.4, 0.5) is 5.69 Å². The van der Waals surface area contributed by atoms with Gasteiger partial charge in [-0.3, -0.25) is 4.79 Å². The molecule has 0 bridgehead atoms. The minimum absolute atomic E-state index is 0.221. The van der Waals surface area contributed by atoms with Gasteiger partial charge >= 0.3 is 0 Å². The molecule has 0 heterocycles. The number of hydrogen-bond acceptors (Lipinski definition) is 3. The highest BCUT2D eigenvalue weighted by Crippen LogP contribution is 2.34. The predicted octanol–water partition coefficient (Wildman–Crippen LogP) is 5.16. The number of benzene rings is 2. The predicted molar refractivity (Wildman–Crippen MR) is 96.0 cm³/mol. The first-order chi connectivity index (χ1) is 11.3. The fourth-order valence-corrected chi connectivity index (χ4v) is 2.63. The number of nitrogens with zero attached hydrogens (tertiary/aromatic N) is 2. The van der Waals surface area contributed by atoms with Crippen molar-refractivity contribution in [2.24, 2.45) is 0 Å². The Bertz CT molecular complexity index is 831. The SMILES string of the molecule is Cc1cccc(N(C#N)C(=O)COc2cc(Cl)c(Cl)cc2Cl)c1C. The normalized spacial score (nSPS) is 10.2. The highest BCUT2D eigenvalue weighted by molar-refractivity contribution is 6.43. The van der Waals surface area contributed by atoms with Crippen LogP contribution in [0, 0.1) is 25.3 Å². The zero-order valence-electron chi connectivity index (χ0n) is 12.9. The molecule has 0 aliphatic heterocycles. The van der Waals surface area contributed by atoms with E-state index in [4.69, 9.17) is 39.5 Å². The summed E-state index contributed by atoms with van der Waals surface area (Å²) in [6, 6.07) is 8.25. The topological polar surface area (TPSA) is 53.3 Å². The molecule has 0 radical (unpaired) electrons. The van der Waals surface area contributed by atoms with E-state index in [0.717, 1.165) is 16.0 Å². The van der Waals surface area contributed by atoms with E-state index in [2.05, 4.69) is 0 Å². The number of halogens is 3. The Morgan fingerprint density at radius 3 is 2.50 bits per heavy atom. The van der Waals surface area contributed by atoms with Gasteiger partial charge in [-0.25, -0.2) is 4.90 Å². The van der Waals surface area contributed by atoms with E-state index in [9.17, 15) is 10.1 Å². The largest absolute Gasteiger partial charge is 0.482 e. The standard InChI is InChI=1S/C17H13Cl3N2O2/c1-10-4-3-5-15(11(10)2)22(9-21)17(23)8-24-16-7-13(19)12(18)6-14(16)20/h3-7H,8H2,1-2H3.